The second-order valence-corrected chi connectivity index (χ2v) is 5.97. The van der Waals surface area contributed by atoms with E-state index in [1.54, 1.807) is 19.1 Å². The standard InChI is InChI=1S/C20H24O9/c1-5-28-17(23)9-13(19-18(24)14(22)8-12(10-21)29-19)11-6-15(25-2)20(27-4)16(7-11)26-3/h6-8,13,21,24H,5,9-10H2,1-4H3. The second kappa shape index (κ2) is 9.83. The van der Waals surface area contributed by atoms with Gasteiger partial charge in [0, 0.05) is 6.07 Å². The maximum absolute atomic E-state index is 12.2. The van der Waals surface area contributed by atoms with E-state index in [0.717, 1.165) is 6.07 Å². The van der Waals surface area contributed by atoms with Gasteiger partial charge in [0.25, 0.3) is 0 Å². The predicted octanol–water partition coefficient (Wildman–Crippen LogP) is 1.95. The van der Waals surface area contributed by atoms with Crippen LogP contribution >= 0.6 is 0 Å². The highest BCUT2D eigenvalue weighted by atomic mass is 16.5. The minimum atomic E-state index is -0.915. The van der Waals surface area contributed by atoms with E-state index in [4.69, 9.17) is 23.4 Å². The van der Waals surface area contributed by atoms with Crippen molar-refractivity contribution in [2.24, 2.45) is 0 Å². The van der Waals surface area contributed by atoms with Crippen LogP contribution in [0.3, 0.4) is 0 Å². The Morgan fingerprint density at radius 1 is 1.10 bits per heavy atom. The molecule has 1 heterocycles. The maximum atomic E-state index is 12.2. The number of aliphatic hydroxyl groups is 1. The lowest BCUT2D eigenvalue weighted by atomic mass is 9.91. The summed E-state index contributed by atoms with van der Waals surface area (Å²) < 4.78 is 26.5. The monoisotopic (exact) mass is 408 g/mol. The fourth-order valence-corrected chi connectivity index (χ4v) is 2.92. The zero-order valence-corrected chi connectivity index (χ0v) is 16.7. The molecule has 0 amide bonds. The molecule has 1 atom stereocenters. The van der Waals surface area contributed by atoms with Crippen LogP contribution in [0.5, 0.6) is 23.0 Å². The van der Waals surface area contributed by atoms with Crippen LogP contribution in [-0.4, -0.2) is 44.1 Å². The van der Waals surface area contributed by atoms with Gasteiger partial charge in [-0.2, -0.15) is 0 Å². The number of carbonyl (C=O) groups excluding carboxylic acids is 1. The normalized spacial score (nSPS) is 11.6. The Morgan fingerprint density at radius 3 is 2.21 bits per heavy atom. The van der Waals surface area contributed by atoms with E-state index in [2.05, 4.69) is 0 Å². The maximum Gasteiger partial charge on any atom is 0.306 e. The Balaban J connectivity index is 2.71. The summed E-state index contributed by atoms with van der Waals surface area (Å²) in [5.41, 5.74) is -0.294. The summed E-state index contributed by atoms with van der Waals surface area (Å²) in [5.74, 6) is -1.40. The summed E-state index contributed by atoms with van der Waals surface area (Å²) in [6, 6.07) is 4.14. The fraction of sp³-hybridized carbons (Fsp3) is 0.400. The summed E-state index contributed by atoms with van der Waals surface area (Å²) in [6.07, 6.45) is -0.238. The number of aromatic hydroxyl groups is 1. The number of hydrogen-bond donors (Lipinski definition) is 2. The Bertz CT molecular complexity index is 892. The molecule has 0 aliphatic carbocycles. The van der Waals surface area contributed by atoms with Crippen molar-refractivity contribution in [3.8, 4) is 23.0 Å². The summed E-state index contributed by atoms with van der Waals surface area (Å²) >= 11 is 0. The number of esters is 1. The van der Waals surface area contributed by atoms with Crippen molar-refractivity contribution in [1.29, 1.82) is 0 Å². The van der Waals surface area contributed by atoms with E-state index >= 15 is 0 Å². The molecule has 0 fully saturated rings. The molecule has 0 spiro atoms. The van der Waals surface area contributed by atoms with Crippen molar-refractivity contribution >= 4 is 5.97 Å². The van der Waals surface area contributed by atoms with E-state index in [1.165, 1.54) is 21.3 Å². The molecule has 0 aliphatic heterocycles. The molecule has 9 nitrogen and oxygen atoms in total. The van der Waals surface area contributed by atoms with E-state index in [1.807, 2.05) is 0 Å². The number of aliphatic hydroxyl groups excluding tert-OH is 1. The Labute approximate surface area is 167 Å². The quantitative estimate of drug-likeness (QED) is 0.599. The molecule has 0 radical (unpaired) electrons. The molecular weight excluding hydrogens is 384 g/mol. The van der Waals surface area contributed by atoms with Gasteiger partial charge in [0.05, 0.1) is 40.3 Å². The van der Waals surface area contributed by atoms with Crippen LogP contribution in [0, 0.1) is 0 Å². The zero-order valence-electron chi connectivity index (χ0n) is 16.7. The SMILES string of the molecule is CCOC(=O)CC(c1cc(OC)c(OC)c(OC)c1)c1oc(CO)cc(=O)c1O. The molecule has 158 valence electrons. The summed E-state index contributed by atoms with van der Waals surface area (Å²) in [4.78, 5) is 24.3. The van der Waals surface area contributed by atoms with Crippen molar-refractivity contribution in [2.75, 3.05) is 27.9 Å². The van der Waals surface area contributed by atoms with Gasteiger partial charge in [0.2, 0.25) is 16.9 Å². The van der Waals surface area contributed by atoms with E-state index in [9.17, 15) is 19.8 Å². The van der Waals surface area contributed by atoms with Gasteiger partial charge >= 0.3 is 5.97 Å². The van der Waals surface area contributed by atoms with Crippen LogP contribution in [0.25, 0.3) is 0 Å². The van der Waals surface area contributed by atoms with Gasteiger partial charge in [-0.05, 0) is 24.6 Å². The molecule has 0 saturated carbocycles. The first-order valence-corrected chi connectivity index (χ1v) is 8.82. The lowest BCUT2D eigenvalue weighted by molar-refractivity contribution is -0.143. The highest BCUT2D eigenvalue weighted by Crippen LogP contribution is 2.43. The van der Waals surface area contributed by atoms with Crippen molar-refractivity contribution in [3.63, 3.8) is 0 Å². The molecule has 1 unspecified atom stereocenters. The van der Waals surface area contributed by atoms with Crippen molar-refractivity contribution in [1.82, 2.24) is 0 Å². The van der Waals surface area contributed by atoms with E-state index in [-0.39, 0.29) is 24.5 Å². The van der Waals surface area contributed by atoms with E-state index < -0.39 is 29.7 Å². The lowest BCUT2D eigenvalue weighted by Crippen LogP contribution is -2.15. The second-order valence-electron chi connectivity index (χ2n) is 5.97. The van der Waals surface area contributed by atoms with Gasteiger partial charge in [-0.15, -0.1) is 0 Å². The molecule has 1 aromatic heterocycles. The van der Waals surface area contributed by atoms with Crippen LogP contribution in [0.4, 0.5) is 0 Å². The third-order valence-corrected chi connectivity index (χ3v) is 4.24. The van der Waals surface area contributed by atoms with Crippen molar-refractivity contribution in [2.45, 2.75) is 25.9 Å². The van der Waals surface area contributed by atoms with Gasteiger partial charge in [0.1, 0.15) is 12.4 Å². The largest absolute Gasteiger partial charge is 0.502 e. The number of carbonyl (C=O) groups is 1. The van der Waals surface area contributed by atoms with Crippen molar-refractivity contribution < 1.29 is 38.4 Å². The first-order chi connectivity index (χ1) is 13.9. The molecule has 2 rings (SSSR count). The van der Waals surface area contributed by atoms with Crippen LogP contribution in [-0.2, 0) is 16.1 Å². The van der Waals surface area contributed by atoms with Crippen LogP contribution in [0.2, 0.25) is 0 Å². The minimum absolute atomic E-state index is 0.0518. The Kier molecular flexibility index (Phi) is 7.49. The third kappa shape index (κ3) is 4.80. The highest BCUT2D eigenvalue weighted by Gasteiger charge is 2.29. The van der Waals surface area contributed by atoms with Gasteiger partial charge in [0.15, 0.2) is 17.3 Å². The smallest absolute Gasteiger partial charge is 0.306 e. The summed E-state index contributed by atoms with van der Waals surface area (Å²) in [7, 11) is 4.32. The highest BCUT2D eigenvalue weighted by molar-refractivity contribution is 5.72. The molecule has 9 heteroatoms. The summed E-state index contributed by atoms with van der Waals surface area (Å²) in [5, 5.41) is 19.7. The minimum Gasteiger partial charge on any atom is -0.502 e. The number of benzene rings is 1. The van der Waals surface area contributed by atoms with Gasteiger partial charge in [-0.1, -0.05) is 0 Å². The molecule has 0 aliphatic rings. The predicted molar refractivity (Wildman–Crippen MR) is 102 cm³/mol. The lowest BCUT2D eigenvalue weighted by Gasteiger charge is -2.20. The fourth-order valence-electron chi connectivity index (χ4n) is 2.92. The van der Waals surface area contributed by atoms with Gasteiger partial charge < -0.3 is 33.6 Å². The van der Waals surface area contributed by atoms with Crippen LogP contribution < -0.4 is 19.6 Å². The van der Waals surface area contributed by atoms with Crippen LogP contribution in [0.1, 0.15) is 36.3 Å². The van der Waals surface area contributed by atoms with Crippen molar-refractivity contribution in [3.05, 3.63) is 45.5 Å². The molecule has 29 heavy (non-hydrogen) atoms. The van der Waals surface area contributed by atoms with Gasteiger partial charge in [-0.3, -0.25) is 9.59 Å². The topological polar surface area (TPSA) is 125 Å². The number of methoxy groups -OCH3 is 3. The van der Waals surface area contributed by atoms with Crippen LogP contribution in [0.15, 0.2) is 27.4 Å². The third-order valence-electron chi connectivity index (χ3n) is 4.24. The Hall–Kier alpha value is -3.20. The number of rotatable bonds is 9. The molecule has 2 N–H and O–H groups in total. The summed E-state index contributed by atoms with van der Waals surface area (Å²) in [6.45, 7) is 1.27. The first-order valence-electron chi connectivity index (χ1n) is 8.82. The van der Waals surface area contributed by atoms with Gasteiger partial charge in [-0.25, -0.2) is 0 Å². The number of hydrogen-bond acceptors (Lipinski definition) is 9. The van der Waals surface area contributed by atoms with E-state index in [0.29, 0.717) is 22.8 Å². The average molecular weight is 408 g/mol. The molecule has 0 bridgehead atoms. The zero-order chi connectivity index (χ0) is 21.6. The first kappa shape index (κ1) is 22.1. The Morgan fingerprint density at radius 2 is 1.72 bits per heavy atom. The molecule has 1 aromatic carbocycles. The molecular formula is C20H24O9. The molecule has 0 saturated heterocycles. The average Bonchev–Trinajstić information content (AvgIpc) is 2.73. The number of ether oxygens (including phenoxy) is 4. The molecule has 2 aromatic rings.